The standard InChI is InChI=1S/C19H18O4/c1-2-23-17(20)13-16(19(21)22)18(14-9-5-3-6-10-14)15-11-7-4-8-12-15/h3-12H,2,13H2,1H3,(H,21,22). The molecule has 4 heteroatoms. The number of esters is 1. The molecule has 0 amide bonds. The Morgan fingerprint density at radius 2 is 1.39 bits per heavy atom. The third-order valence-corrected chi connectivity index (χ3v) is 3.31. The van der Waals surface area contributed by atoms with Crippen molar-refractivity contribution < 1.29 is 19.4 Å². The van der Waals surface area contributed by atoms with Crippen molar-refractivity contribution >= 4 is 17.5 Å². The first-order valence-corrected chi connectivity index (χ1v) is 7.36. The van der Waals surface area contributed by atoms with Gasteiger partial charge in [-0.1, -0.05) is 60.7 Å². The Morgan fingerprint density at radius 3 is 1.78 bits per heavy atom. The van der Waals surface area contributed by atoms with Gasteiger partial charge in [-0.25, -0.2) is 4.79 Å². The maximum Gasteiger partial charge on any atom is 0.332 e. The van der Waals surface area contributed by atoms with Crippen molar-refractivity contribution in [1.29, 1.82) is 0 Å². The molecule has 0 aliphatic carbocycles. The molecule has 2 rings (SSSR count). The molecule has 0 spiro atoms. The molecule has 2 aromatic carbocycles. The molecule has 0 atom stereocenters. The molecule has 2 aromatic rings. The van der Waals surface area contributed by atoms with Crippen LogP contribution in [0.5, 0.6) is 0 Å². The summed E-state index contributed by atoms with van der Waals surface area (Å²) < 4.78 is 4.91. The normalized spacial score (nSPS) is 9.96. The number of hydrogen-bond acceptors (Lipinski definition) is 3. The zero-order chi connectivity index (χ0) is 16.7. The van der Waals surface area contributed by atoms with Crippen molar-refractivity contribution in [2.75, 3.05) is 6.61 Å². The van der Waals surface area contributed by atoms with E-state index >= 15 is 0 Å². The van der Waals surface area contributed by atoms with Crippen LogP contribution in [0.2, 0.25) is 0 Å². The van der Waals surface area contributed by atoms with Crippen molar-refractivity contribution in [1.82, 2.24) is 0 Å². The number of carbonyl (C=O) groups is 2. The first-order valence-electron chi connectivity index (χ1n) is 7.36. The van der Waals surface area contributed by atoms with E-state index in [0.717, 1.165) is 11.1 Å². The van der Waals surface area contributed by atoms with E-state index in [1.807, 2.05) is 60.7 Å². The summed E-state index contributed by atoms with van der Waals surface area (Å²) in [5, 5.41) is 9.62. The fraction of sp³-hybridized carbons (Fsp3) is 0.158. The minimum atomic E-state index is -1.12. The highest BCUT2D eigenvalue weighted by molar-refractivity contribution is 6.04. The van der Waals surface area contributed by atoms with E-state index in [4.69, 9.17) is 4.74 Å². The Morgan fingerprint density at radius 1 is 0.913 bits per heavy atom. The summed E-state index contributed by atoms with van der Waals surface area (Å²) in [6.07, 6.45) is -0.276. The third-order valence-electron chi connectivity index (χ3n) is 3.31. The summed E-state index contributed by atoms with van der Waals surface area (Å²) in [4.78, 5) is 23.6. The van der Waals surface area contributed by atoms with Gasteiger partial charge < -0.3 is 9.84 Å². The van der Waals surface area contributed by atoms with Crippen LogP contribution < -0.4 is 0 Å². The molecule has 0 saturated heterocycles. The summed E-state index contributed by atoms with van der Waals surface area (Å²) >= 11 is 0. The molecule has 4 nitrogen and oxygen atoms in total. The van der Waals surface area contributed by atoms with Gasteiger partial charge in [-0.3, -0.25) is 4.79 Å². The average Bonchev–Trinajstić information content (AvgIpc) is 2.56. The van der Waals surface area contributed by atoms with Crippen molar-refractivity contribution in [3.8, 4) is 0 Å². The van der Waals surface area contributed by atoms with E-state index in [-0.39, 0.29) is 18.6 Å². The highest BCUT2D eigenvalue weighted by Gasteiger charge is 2.21. The van der Waals surface area contributed by atoms with Crippen molar-refractivity contribution in [2.45, 2.75) is 13.3 Å². The molecule has 0 radical (unpaired) electrons. The van der Waals surface area contributed by atoms with E-state index < -0.39 is 11.9 Å². The number of carboxylic acids is 1. The molecule has 0 saturated carbocycles. The van der Waals surface area contributed by atoms with Crippen LogP contribution in [0, 0.1) is 0 Å². The van der Waals surface area contributed by atoms with Crippen molar-refractivity contribution in [3.05, 3.63) is 77.4 Å². The number of aliphatic carboxylic acids is 1. The Labute approximate surface area is 135 Å². The Bertz CT molecular complexity index is 661. The first kappa shape index (κ1) is 16.5. The molecular weight excluding hydrogens is 292 g/mol. The van der Waals surface area contributed by atoms with Gasteiger partial charge in [0.2, 0.25) is 0 Å². The van der Waals surface area contributed by atoms with Crippen LogP contribution >= 0.6 is 0 Å². The summed E-state index contributed by atoms with van der Waals surface area (Å²) in [6, 6.07) is 18.4. The molecule has 0 aliphatic heterocycles. The van der Waals surface area contributed by atoms with Gasteiger partial charge in [0.05, 0.1) is 18.6 Å². The van der Waals surface area contributed by atoms with Gasteiger partial charge in [-0.15, -0.1) is 0 Å². The molecular formula is C19H18O4. The topological polar surface area (TPSA) is 63.6 Å². The third kappa shape index (κ3) is 4.30. The summed E-state index contributed by atoms with van der Waals surface area (Å²) in [7, 11) is 0. The number of benzene rings is 2. The lowest BCUT2D eigenvalue weighted by Gasteiger charge is -2.13. The van der Waals surface area contributed by atoms with Crippen molar-refractivity contribution in [2.24, 2.45) is 0 Å². The minimum Gasteiger partial charge on any atom is -0.478 e. The Balaban J connectivity index is 2.60. The summed E-state index contributed by atoms with van der Waals surface area (Å²) in [5.41, 5.74) is 2.06. The number of rotatable bonds is 6. The van der Waals surface area contributed by atoms with Crippen molar-refractivity contribution in [3.63, 3.8) is 0 Å². The molecule has 0 fully saturated rings. The van der Waals surface area contributed by atoms with Crippen LogP contribution in [0.25, 0.3) is 5.57 Å². The quantitative estimate of drug-likeness (QED) is 0.655. The maximum atomic E-state index is 11.8. The fourth-order valence-electron chi connectivity index (χ4n) is 2.35. The highest BCUT2D eigenvalue weighted by atomic mass is 16.5. The molecule has 0 aliphatic rings. The number of hydrogen-bond donors (Lipinski definition) is 1. The average molecular weight is 310 g/mol. The first-order chi connectivity index (χ1) is 11.1. The predicted octanol–water partition coefficient (Wildman–Crippen LogP) is 3.53. The fourth-order valence-corrected chi connectivity index (χ4v) is 2.35. The number of carboxylic acid groups (broad SMARTS) is 1. The van der Waals surface area contributed by atoms with E-state index in [0.29, 0.717) is 5.57 Å². The Hall–Kier alpha value is -2.88. The van der Waals surface area contributed by atoms with E-state index in [2.05, 4.69) is 0 Å². The minimum absolute atomic E-state index is 0.0286. The zero-order valence-corrected chi connectivity index (χ0v) is 12.9. The molecule has 0 heterocycles. The van der Waals surface area contributed by atoms with Crippen LogP contribution in [0.3, 0.4) is 0 Å². The zero-order valence-electron chi connectivity index (χ0n) is 12.9. The van der Waals surface area contributed by atoms with E-state index in [9.17, 15) is 14.7 Å². The largest absolute Gasteiger partial charge is 0.478 e. The van der Waals surface area contributed by atoms with Gasteiger partial charge in [0.15, 0.2) is 0 Å². The van der Waals surface area contributed by atoms with Gasteiger partial charge in [-0.2, -0.15) is 0 Å². The lowest BCUT2D eigenvalue weighted by molar-refractivity contribution is -0.144. The molecule has 0 aromatic heterocycles. The second-order valence-electron chi connectivity index (χ2n) is 4.87. The SMILES string of the molecule is CCOC(=O)CC(C(=O)O)=C(c1ccccc1)c1ccccc1. The van der Waals surface area contributed by atoms with Crippen LogP contribution in [0.15, 0.2) is 66.2 Å². The predicted molar refractivity (Wildman–Crippen MR) is 87.8 cm³/mol. The van der Waals surface area contributed by atoms with Gasteiger partial charge in [0.25, 0.3) is 0 Å². The lowest BCUT2D eigenvalue weighted by atomic mass is 9.91. The molecule has 118 valence electrons. The van der Waals surface area contributed by atoms with Crippen LogP contribution in [-0.4, -0.2) is 23.7 Å². The maximum absolute atomic E-state index is 11.8. The van der Waals surface area contributed by atoms with Gasteiger partial charge in [0, 0.05) is 0 Å². The molecule has 0 unspecified atom stereocenters. The second-order valence-corrected chi connectivity index (χ2v) is 4.87. The monoisotopic (exact) mass is 310 g/mol. The van der Waals surface area contributed by atoms with E-state index in [1.165, 1.54) is 0 Å². The molecule has 0 bridgehead atoms. The summed E-state index contributed by atoms with van der Waals surface area (Å²) in [5.74, 6) is -1.67. The van der Waals surface area contributed by atoms with Gasteiger partial charge in [0.1, 0.15) is 0 Å². The van der Waals surface area contributed by atoms with Crippen LogP contribution in [0.4, 0.5) is 0 Å². The summed E-state index contributed by atoms with van der Waals surface area (Å²) in [6.45, 7) is 1.91. The molecule has 23 heavy (non-hydrogen) atoms. The second kappa shape index (κ2) is 7.94. The van der Waals surface area contributed by atoms with E-state index in [1.54, 1.807) is 6.92 Å². The number of ether oxygens (including phenoxy) is 1. The number of carbonyl (C=O) groups excluding carboxylic acids is 1. The lowest BCUT2D eigenvalue weighted by Crippen LogP contribution is -2.13. The highest BCUT2D eigenvalue weighted by Crippen LogP contribution is 2.28. The van der Waals surface area contributed by atoms with Gasteiger partial charge in [-0.05, 0) is 23.6 Å². The van der Waals surface area contributed by atoms with Gasteiger partial charge >= 0.3 is 11.9 Å². The Kier molecular flexibility index (Phi) is 5.69. The smallest absolute Gasteiger partial charge is 0.332 e. The molecule has 1 N–H and O–H groups in total. The van der Waals surface area contributed by atoms with Crippen LogP contribution in [0.1, 0.15) is 24.5 Å². The van der Waals surface area contributed by atoms with Crippen LogP contribution in [-0.2, 0) is 14.3 Å².